The molecule has 0 aliphatic carbocycles. The van der Waals surface area contributed by atoms with Crippen molar-refractivity contribution in [2.45, 2.75) is 32.9 Å². The number of fused-ring (bicyclic) bond motifs is 1. The van der Waals surface area contributed by atoms with Crippen LogP contribution >= 0.6 is 0 Å². The normalized spacial score (nSPS) is 12.9. The van der Waals surface area contributed by atoms with E-state index in [2.05, 4.69) is 24.0 Å². The molecule has 0 aliphatic rings. The fourth-order valence-corrected chi connectivity index (χ4v) is 2.12. The van der Waals surface area contributed by atoms with Gasteiger partial charge in [0.15, 0.2) is 5.65 Å². The molecule has 0 aromatic carbocycles. The Morgan fingerprint density at radius 1 is 1.20 bits per heavy atom. The van der Waals surface area contributed by atoms with Crippen LogP contribution in [0.5, 0.6) is 0 Å². The molecular weight excluding hydrogens is 254 g/mol. The maximum Gasteiger partial charge on any atom is 0.350 e. The average Bonchev–Trinajstić information content (AvgIpc) is 3.05. The molecule has 0 fully saturated rings. The van der Waals surface area contributed by atoms with Crippen LogP contribution in [0.2, 0.25) is 0 Å². The van der Waals surface area contributed by atoms with Gasteiger partial charge in [0.05, 0.1) is 12.2 Å². The number of hydrogen-bond acceptors (Lipinski definition) is 3. The Morgan fingerprint density at radius 3 is 2.80 bits per heavy atom. The van der Waals surface area contributed by atoms with Crippen LogP contribution in [0.4, 0.5) is 0 Å². The predicted octanol–water partition coefficient (Wildman–Crippen LogP) is 1.71. The standard InChI is InChI=1S/C14H17N5O/c1-3-11(2)18-9-7-12(15-18)10-19-14(20)17-8-5-4-6-13(17)16-19/h4-9,11H,3,10H2,1-2H3. The van der Waals surface area contributed by atoms with Crippen molar-refractivity contribution in [2.24, 2.45) is 0 Å². The van der Waals surface area contributed by atoms with Gasteiger partial charge in [-0.3, -0.25) is 9.08 Å². The lowest BCUT2D eigenvalue weighted by Gasteiger charge is -2.07. The van der Waals surface area contributed by atoms with Gasteiger partial charge in [0.1, 0.15) is 0 Å². The highest BCUT2D eigenvalue weighted by Crippen LogP contribution is 2.09. The van der Waals surface area contributed by atoms with Gasteiger partial charge in [0.25, 0.3) is 0 Å². The summed E-state index contributed by atoms with van der Waals surface area (Å²) < 4.78 is 4.90. The van der Waals surface area contributed by atoms with E-state index < -0.39 is 0 Å². The fourth-order valence-electron chi connectivity index (χ4n) is 2.12. The Balaban J connectivity index is 1.91. The molecule has 0 radical (unpaired) electrons. The molecule has 3 heterocycles. The van der Waals surface area contributed by atoms with Crippen molar-refractivity contribution >= 4 is 5.65 Å². The van der Waals surface area contributed by atoms with Crippen LogP contribution in [0.1, 0.15) is 32.0 Å². The topological polar surface area (TPSA) is 57.1 Å². The summed E-state index contributed by atoms with van der Waals surface area (Å²) in [6.45, 7) is 4.64. The highest BCUT2D eigenvalue weighted by molar-refractivity contribution is 5.35. The van der Waals surface area contributed by atoms with E-state index in [1.165, 1.54) is 9.08 Å². The first-order valence-electron chi connectivity index (χ1n) is 6.77. The fraction of sp³-hybridized carbons (Fsp3) is 0.357. The molecule has 20 heavy (non-hydrogen) atoms. The first-order chi connectivity index (χ1) is 9.69. The Kier molecular flexibility index (Phi) is 3.14. The van der Waals surface area contributed by atoms with E-state index >= 15 is 0 Å². The van der Waals surface area contributed by atoms with E-state index in [0.29, 0.717) is 18.2 Å². The van der Waals surface area contributed by atoms with E-state index in [9.17, 15) is 4.79 Å². The lowest BCUT2D eigenvalue weighted by Crippen LogP contribution is -2.22. The zero-order valence-corrected chi connectivity index (χ0v) is 11.6. The van der Waals surface area contributed by atoms with Crippen molar-refractivity contribution in [3.63, 3.8) is 0 Å². The minimum Gasteiger partial charge on any atom is -0.270 e. The molecular formula is C14H17N5O. The van der Waals surface area contributed by atoms with E-state index in [-0.39, 0.29) is 5.69 Å². The molecule has 3 aromatic rings. The zero-order chi connectivity index (χ0) is 14.1. The van der Waals surface area contributed by atoms with Gasteiger partial charge >= 0.3 is 5.69 Å². The van der Waals surface area contributed by atoms with Crippen LogP contribution in [-0.2, 0) is 6.54 Å². The molecule has 1 unspecified atom stereocenters. The van der Waals surface area contributed by atoms with Crippen molar-refractivity contribution in [1.82, 2.24) is 24.0 Å². The first-order valence-corrected chi connectivity index (χ1v) is 6.77. The molecule has 0 N–H and O–H groups in total. The number of nitrogens with zero attached hydrogens (tertiary/aromatic N) is 5. The first kappa shape index (κ1) is 12.7. The minimum atomic E-state index is -0.140. The smallest absolute Gasteiger partial charge is 0.270 e. The van der Waals surface area contributed by atoms with Crippen LogP contribution in [0, 0.1) is 0 Å². The Hall–Kier alpha value is -2.37. The molecule has 0 spiro atoms. The van der Waals surface area contributed by atoms with Crippen molar-refractivity contribution < 1.29 is 0 Å². The van der Waals surface area contributed by atoms with Gasteiger partial charge in [-0.1, -0.05) is 13.0 Å². The molecule has 1 atom stereocenters. The van der Waals surface area contributed by atoms with Gasteiger partial charge in [0, 0.05) is 18.4 Å². The third-order valence-electron chi connectivity index (χ3n) is 3.51. The lowest BCUT2D eigenvalue weighted by atomic mass is 10.3. The summed E-state index contributed by atoms with van der Waals surface area (Å²) in [5.41, 5.74) is 1.35. The molecule has 6 nitrogen and oxygen atoms in total. The largest absolute Gasteiger partial charge is 0.350 e. The van der Waals surface area contributed by atoms with Gasteiger partial charge in [-0.05, 0) is 31.5 Å². The third-order valence-corrected chi connectivity index (χ3v) is 3.51. The molecule has 0 bridgehead atoms. The van der Waals surface area contributed by atoms with E-state index in [1.807, 2.05) is 35.1 Å². The molecule has 0 saturated heterocycles. The van der Waals surface area contributed by atoms with Crippen LogP contribution < -0.4 is 5.69 Å². The molecule has 0 aliphatic heterocycles. The number of rotatable bonds is 4. The summed E-state index contributed by atoms with van der Waals surface area (Å²) in [6.07, 6.45) is 4.69. The van der Waals surface area contributed by atoms with Gasteiger partial charge < -0.3 is 0 Å². The van der Waals surface area contributed by atoms with Crippen molar-refractivity contribution in [1.29, 1.82) is 0 Å². The molecule has 0 saturated carbocycles. The second-order valence-electron chi connectivity index (χ2n) is 4.91. The quantitative estimate of drug-likeness (QED) is 0.726. The molecule has 3 aromatic heterocycles. The number of hydrogen-bond donors (Lipinski definition) is 0. The Morgan fingerprint density at radius 2 is 2.05 bits per heavy atom. The zero-order valence-electron chi connectivity index (χ0n) is 11.6. The van der Waals surface area contributed by atoms with E-state index in [1.54, 1.807) is 6.20 Å². The highest BCUT2D eigenvalue weighted by Gasteiger charge is 2.09. The SMILES string of the molecule is CCC(C)n1ccc(Cn2nc3ccccn3c2=O)n1. The summed E-state index contributed by atoms with van der Waals surface area (Å²) in [7, 11) is 0. The minimum absolute atomic E-state index is 0.140. The van der Waals surface area contributed by atoms with Gasteiger partial charge in [0.2, 0.25) is 0 Å². The molecule has 3 rings (SSSR count). The summed E-state index contributed by atoms with van der Waals surface area (Å²) in [4.78, 5) is 12.2. The maximum absolute atomic E-state index is 12.2. The van der Waals surface area contributed by atoms with E-state index in [0.717, 1.165) is 12.1 Å². The molecule has 104 valence electrons. The van der Waals surface area contributed by atoms with Crippen LogP contribution in [0.25, 0.3) is 5.65 Å². The summed E-state index contributed by atoms with van der Waals surface area (Å²) in [5, 5.41) is 8.79. The van der Waals surface area contributed by atoms with Crippen molar-refractivity contribution in [3.05, 3.63) is 52.8 Å². The average molecular weight is 271 g/mol. The van der Waals surface area contributed by atoms with Crippen molar-refractivity contribution in [2.75, 3.05) is 0 Å². The third kappa shape index (κ3) is 2.13. The van der Waals surface area contributed by atoms with Crippen molar-refractivity contribution in [3.8, 4) is 0 Å². The Labute approximate surface area is 116 Å². The second-order valence-corrected chi connectivity index (χ2v) is 4.91. The monoisotopic (exact) mass is 271 g/mol. The van der Waals surface area contributed by atoms with E-state index in [4.69, 9.17) is 0 Å². The maximum atomic E-state index is 12.2. The lowest BCUT2D eigenvalue weighted by molar-refractivity contribution is 0.470. The molecule has 6 heteroatoms. The van der Waals surface area contributed by atoms with Crippen LogP contribution in [0.15, 0.2) is 41.5 Å². The summed E-state index contributed by atoms with van der Waals surface area (Å²) >= 11 is 0. The van der Waals surface area contributed by atoms with Gasteiger partial charge in [-0.25, -0.2) is 9.48 Å². The highest BCUT2D eigenvalue weighted by atomic mass is 16.2. The van der Waals surface area contributed by atoms with Crippen LogP contribution in [0.3, 0.4) is 0 Å². The summed E-state index contributed by atoms with van der Waals surface area (Å²) in [6, 6.07) is 7.79. The Bertz CT molecular complexity index is 782. The number of aromatic nitrogens is 5. The van der Waals surface area contributed by atoms with Gasteiger partial charge in [-0.2, -0.15) is 5.10 Å². The second kappa shape index (κ2) is 4.96. The van der Waals surface area contributed by atoms with Crippen LogP contribution in [-0.4, -0.2) is 24.0 Å². The van der Waals surface area contributed by atoms with Gasteiger partial charge in [-0.15, -0.1) is 5.10 Å². The predicted molar refractivity (Wildman–Crippen MR) is 75.8 cm³/mol. The number of pyridine rings is 1. The summed E-state index contributed by atoms with van der Waals surface area (Å²) in [5.74, 6) is 0. The molecule has 0 amide bonds.